The number of hydrogen-bond donors (Lipinski definition) is 1. The van der Waals surface area contributed by atoms with E-state index in [0.717, 1.165) is 54.1 Å². The fourth-order valence-electron chi connectivity index (χ4n) is 3.97. The van der Waals surface area contributed by atoms with Crippen LogP contribution in [0.25, 0.3) is 11.5 Å². The summed E-state index contributed by atoms with van der Waals surface area (Å²) in [6.07, 6.45) is 5.37. The lowest BCUT2D eigenvalue weighted by Gasteiger charge is -2.20. The third kappa shape index (κ3) is 5.58. The third-order valence-corrected chi connectivity index (χ3v) is 5.77. The van der Waals surface area contributed by atoms with Crippen LogP contribution in [-0.2, 0) is 6.54 Å². The molecule has 3 aromatic rings. The second-order valence-electron chi connectivity index (χ2n) is 7.95. The van der Waals surface area contributed by atoms with Crippen LogP contribution in [0.4, 0.5) is 5.69 Å². The first-order valence-corrected chi connectivity index (χ1v) is 11.0. The largest absolute Gasteiger partial charge is 0.495 e. The maximum atomic E-state index is 5.91. The fourth-order valence-corrected chi connectivity index (χ4v) is 3.97. The highest BCUT2D eigenvalue weighted by atomic mass is 16.5. The molecule has 6 heteroatoms. The van der Waals surface area contributed by atoms with Gasteiger partial charge in [-0.1, -0.05) is 12.1 Å². The zero-order chi connectivity index (χ0) is 21.5. The minimum Gasteiger partial charge on any atom is -0.495 e. The number of likely N-dealkylation sites (tertiary alicyclic amines) is 1. The van der Waals surface area contributed by atoms with Crippen molar-refractivity contribution in [3.63, 3.8) is 0 Å². The predicted octanol–water partition coefficient (Wildman–Crippen LogP) is 5.22. The number of nitrogens with one attached hydrogen (secondary N) is 1. The van der Waals surface area contributed by atoms with Gasteiger partial charge in [0.2, 0.25) is 5.89 Å². The molecule has 0 saturated carbocycles. The Morgan fingerprint density at radius 1 is 1.16 bits per heavy atom. The lowest BCUT2D eigenvalue weighted by Crippen LogP contribution is -2.28. The van der Waals surface area contributed by atoms with Crippen LogP contribution in [0.1, 0.15) is 31.9 Å². The molecule has 1 unspecified atom stereocenters. The monoisotopic (exact) mass is 421 g/mol. The molecule has 1 atom stereocenters. The van der Waals surface area contributed by atoms with Crippen molar-refractivity contribution in [2.45, 2.75) is 38.8 Å². The summed E-state index contributed by atoms with van der Waals surface area (Å²) in [7, 11) is 1.66. The third-order valence-electron chi connectivity index (χ3n) is 5.77. The van der Waals surface area contributed by atoms with Crippen LogP contribution in [-0.4, -0.2) is 42.7 Å². The summed E-state index contributed by atoms with van der Waals surface area (Å²) in [5, 5.41) is 3.33. The van der Waals surface area contributed by atoms with E-state index in [-0.39, 0.29) is 0 Å². The first kappa shape index (κ1) is 21.2. The number of aromatic nitrogens is 1. The maximum Gasteiger partial charge on any atom is 0.226 e. The summed E-state index contributed by atoms with van der Waals surface area (Å²) in [4.78, 5) is 7.14. The lowest BCUT2D eigenvalue weighted by molar-refractivity contribution is 0.230. The Morgan fingerprint density at radius 2 is 2.00 bits per heavy atom. The average molecular weight is 422 g/mol. The summed E-state index contributed by atoms with van der Waals surface area (Å²) in [6, 6.07) is 16.5. The first-order chi connectivity index (χ1) is 15.2. The van der Waals surface area contributed by atoms with Gasteiger partial charge in [0.05, 0.1) is 31.6 Å². The van der Waals surface area contributed by atoms with Gasteiger partial charge in [0, 0.05) is 18.2 Å². The maximum absolute atomic E-state index is 5.91. The van der Waals surface area contributed by atoms with Crippen molar-refractivity contribution in [3.05, 3.63) is 60.5 Å². The van der Waals surface area contributed by atoms with Crippen molar-refractivity contribution in [3.8, 4) is 23.0 Å². The van der Waals surface area contributed by atoms with Gasteiger partial charge in [-0.3, -0.25) is 0 Å². The van der Waals surface area contributed by atoms with E-state index >= 15 is 0 Å². The number of nitrogens with zero attached hydrogens (tertiary/aromatic N) is 2. The molecule has 2 aromatic carbocycles. The van der Waals surface area contributed by atoms with Crippen LogP contribution >= 0.6 is 0 Å². The molecule has 1 aliphatic heterocycles. The number of hydrogen-bond acceptors (Lipinski definition) is 6. The zero-order valence-corrected chi connectivity index (χ0v) is 18.3. The Morgan fingerprint density at radius 3 is 2.77 bits per heavy atom. The first-order valence-electron chi connectivity index (χ1n) is 11.0. The molecule has 0 spiro atoms. The van der Waals surface area contributed by atoms with E-state index in [4.69, 9.17) is 13.9 Å². The van der Waals surface area contributed by atoms with Gasteiger partial charge in [0.25, 0.3) is 0 Å². The Labute approximate surface area is 184 Å². The number of anilines is 1. The van der Waals surface area contributed by atoms with Crippen molar-refractivity contribution in [2.24, 2.45) is 0 Å². The van der Waals surface area contributed by atoms with Crippen LogP contribution in [0.5, 0.6) is 11.5 Å². The normalized spacial score (nSPS) is 16.4. The molecule has 0 amide bonds. The molecule has 0 radical (unpaired) electrons. The number of rotatable bonds is 10. The fraction of sp³-hybridized carbons (Fsp3) is 0.400. The molecule has 4 rings (SSSR count). The van der Waals surface area contributed by atoms with E-state index < -0.39 is 0 Å². The molecule has 6 nitrogen and oxygen atoms in total. The quantitative estimate of drug-likeness (QED) is 0.453. The van der Waals surface area contributed by atoms with E-state index in [1.165, 1.54) is 19.4 Å². The summed E-state index contributed by atoms with van der Waals surface area (Å²) in [5.41, 5.74) is 2.69. The predicted molar refractivity (Wildman–Crippen MR) is 123 cm³/mol. The molecule has 0 aliphatic carbocycles. The molecule has 1 aliphatic rings. The van der Waals surface area contributed by atoms with Crippen LogP contribution in [0.2, 0.25) is 0 Å². The molecule has 31 heavy (non-hydrogen) atoms. The summed E-state index contributed by atoms with van der Waals surface area (Å²) in [6.45, 7) is 5.94. The molecular formula is C25H31N3O3. The lowest BCUT2D eigenvalue weighted by atomic mass is 10.2. The SMILES string of the molecule is COc1ccccc1NCc1coc(-c2ccc(OCCCN3CCCC3C)cc2)n1. The highest BCUT2D eigenvalue weighted by Crippen LogP contribution is 2.25. The van der Waals surface area contributed by atoms with Gasteiger partial charge in [0.1, 0.15) is 17.8 Å². The van der Waals surface area contributed by atoms with Crippen molar-refractivity contribution in [2.75, 3.05) is 32.1 Å². The Hall–Kier alpha value is -2.99. The Bertz CT molecular complexity index is 955. The second-order valence-corrected chi connectivity index (χ2v) is 7.95. The van der Waals surface area contributed by atoms with Crippen LogP contribution in [0.3, 0.4) is 0 Å². The zero-order valence-electron chi connectivity index (χ0n) is 18.3. The minimum absolute atomic E-state index is 0.556. The van der Waals surface area contributed by atoms with Crippen molar-refractivity contribution in [1.29, 1.82) is 0 Å². The Balaban J connectivity index is 1.26. The standard InChI is InChI=1S/C25H31N3O3/c1-19-7-5-14-28(19)15-6-16-30-22-12-10-20(11-13-22)25-27-21(18-31-25)17-26-23-8-3-4-9-24(23)29-2/h3-4,8-13,18-19,26H,5-7,14-17H2,1-2H3. The van der Waals surface area contributed by atoms with Gasteiger partial charge in [0.15, 0.2) is 0 Å². The van der Waals surface area contributed by atoms with E-state index in [0.29, 0.717) is 12.4 Å². The van der Waals surface area contributed by atoms with E-state index in [1.807, 2.05) is 48.5 Å². The van der Waals surface area contributed by atoms with Crippen molar-refractivity contribution in [1.82, 2.24) is 9.88 Å². The molecule has 1 fully saturated rings. The molecule has 1 N–H and O–H groups in total. The smallest absolute Gasteiger partial charge is 0.226 e. The minimum atomic E-state index is 0.556. The molecule has 0 bridgehead atoms. The van der Waals surface area contributed by atoms with Crippen LogP contribution in [0, 0.1) is 0 Å². The Kier molecular flexibility index (Phi) is 7.10. The molecule has 1 aromatic heterocycles. The van der Waals surface area contributed by atoms with Crippen LogP contribution in [0.15, 0.2) is 59.2 Å². The van der Waals surface area contributed by atoms with E-state index in [9.17, 15) is 0 Å². The van der Waals surface area contributed by atoms with E-state index in [2.05, 4.69) is 22.1 Å². The highest BCUT2D eigenvalue weighted by Gasteiger charge is 2.19. The molecule has 2 heterocycles. The second kappa shape index (κ2) is 10.4. The molecular weight excluding hydrogens is 390 g/mol. The number of methoxy groups -OCH3 is 1. The molecule has 1 saturated heterocycles. The van der Waals surface area contributed by atoms with Gasteiger partial charge in [-0.15, -0.1) is 0 Å². The number of ether oxygens (including phenoxy) is 2. The van der Waals surface area contributed by atoms with Crippen molar-refractivity contribution >= 4 is 5.69 Å². The summed E-state index contributed by atoms with van der Waals surface area (Å²) < 4.78 is 16.9. The van der Waals surface area contributed by atoms with Gasteiger partial charge in [-0.2, -0.15) is 0 Å². The summed E-state index contributed by atoms with van der Waals surface area (Å²) in [5.74, 6) is 2.28. The summed E-state index contributed by atoms with van der Waals surface area (Å²) >= 11 is 0. The number of para-hydroxylation sites is 2. The topological polar surface area (TPSA) is 59.8 Å². The average Bonchev–Trinajstić information content (AvgIpc) is 3.45. The van der Waals surface area contributed by atoms with Gasteiger partial charge >= 0.3 is 0 Å². The van der Waals surface area contributed by atoms with E-state index in [1.54, 1.807) is 13.4 Å². The van der Waals surface area contributed by atoms with Gasteiger partial charge in [-0.25, -0.2) is 4.98 Å². The van der Waals surface area contributed by atoms with Crippen molar-refractivity contribution < 1.29 is 13.9 Å². The van der Waals surface area contributed by atoms with Crippen LogP contribution < -0.4 is 14.8 Å². The molecule has 164 valence electrons. The number of benzene rings is 2. The highest BCUT2D eigenvalue weighted by molar-refractivity contribution is 5.57. The van der Waals surface area contributed by atoms with Gasteiger partial charge in [-0.05, 0) is 69.1 Å². The number of oxazole rings is 1. The van der Waals surface area contributed by atoms with Gasteiger partial charge < -0.3 is 24.1 Å².